The van der Waals surface area contributed by atoms with E-state index in [0.29, 0.717) is 5.69 Å². The number of carboxylic acid groups (broad SMARTS) is 1. The molecule has 1 amide bonds. The summed E-state index contributed by atoms with van der Waals surface area (Å²) in [6, 6.07) is 8.97. The third-order valence-corrected chi connectivity index (χ3v) is 2.51. The number of carbonyl (C=O) groups is 2. The maximum atomic E-state index is 11.9. The number of carboxylic acids is 1. The van der Waals surface area contributed by atoms with Crippen molar-refractivity contribution in [2.75, 3.05) is 25.2 Å². The number of rotatable bonds is 6. The normalized spacial score (nSPS) is 11.9. The Bertz CT molecular complexity index is 405. The zero-order valence-electron chi connectivity index (χ0n) is 10.5. The molecule has 0 aliphatic rings. The van der Waals surface area contributed by atoms with Gasteiger partial charge in [0.25, 0.3) is 5.91 Å². The Kier molecular flexibility index (Phi) is 5.32. The van der Waals surface area contributed by atoms with E-state index in [1.807, 2.05) is 6.07 Å². The van der Waals surface area contributed by atoms with E-state index in [1.165, 1.54) is 12.0 Å². The minimum atomic E-state index is -0.929. The Hall–Kier alpha value is -1.88. The summed E-state index contributed by atoms with van der Waals surface area (Å²) >= 11 is 0. The van der Waals surface area contributed by atoms with E-state index in [4.69, 9.17) is 9.84 Å². The number of hydrogen-bond donors (Lipinski definition) is 1. The average molecular weight is 251 g/mol. The fourth-order valence-electron chi connectivity index (χ4n) is 1.51. The molecule has 0 bridgehead atoms. The molecule has 0 saturated carbocycles. The summed E-state index contributed by atoms with van der Waals surface area (Å²) in [5.74, 6) is -1.82. The van der Waals surface area contributed by atoms with Gasteiger partial charge in [-0.25, -0.2) is 0 Å². The van der Waals surface area contributed by atoms with E-state index in [2.05, 4.69) is 0 Å². The number of methoxy groups -OCH3 is 1. The first-order valence-electron chi connectivity index (χ1n) is 5.63. The standard InChI is InChI=1S/C13H17NO4/c1-10(13(16)17)8-14(12(15)9-18-2)11-6-4-3-5-7-11/h3-7,10H,8-9H2,1-2H3,(H,16,17). The van der Waals surface area contributed by atoms with E-state index in [9.17, 15) is 9.59 Å². The van der Waals surface area contributed by atoms with Crippen molar-refractivity contribution in [2.45, 2.75) is 6.92 Å². The van der Waals surface area contributed by atoms with E-state index in [-0.39, 0.29) is 19.1 Å². The molecule has 0 aliphatic carbocycles. The molecule has 0 radical (unpaired) electrons. The SMILES string of the molecule is COCC(=O)N(CC(C)C(=O)O)c1ccccc1. The summed E-state index contributed by atoms with van der Waals surface area (Å²) in [6.45, 7) is 1.63. The fraction of sp³-hybridized carbons (Fsp3) is 0.385. The van der Waals surface area contributed by atoms with Gasteiger partial charge in [0.15, 0.2) is 0 Å². The predicted octanol–water partition coefficient (Wildman–Crippen LogP) is 1.39. The third kappa shape index (κ3) is 3.85. The van der Waals surface area contributed by atoms with Gasteiger partial charge in [0.1, 0.15) is 6.61 Å². The van der Waals surface area contributed by atoms with Crippen LogP contribution in [-0.2, 0) is 14.3 Å². The van der Waals surface area contributed by atoms with Gasteiger partial charge in [0.05, 0.1) is 5.92 Å². The van der Waals surface area contributed by atoms with E-state index >= 15 is 0 Å². The van der Waals surface area contributed by atoms with Gasteiger partial charge < -0.3 is 14.7 Å². The molecule has 0 heterocycles. The van der Waals surface area contributed by atoms with Gasteiger partial charge in [-0.3, -0.25) is 9.59 Å². The summed E-state index contributed by atoms with van der Waals surface area (Å²) < 4.78 is 4.81. The van der Waals surface area contributed by atoms with Crippen molar-refractivity contribution >= 4 is 17.6 Å². The second kappa shape index (κ2) is 6.76. The fourth-order valence-corrected chi connectivity index (χ4v) is 1.51. The van der Waals surface area contributed by atoms with Crippen molar-refractivity contribution < 1.29 is 19.4 Å². The van der Waals surface area contributed by atoms with Crippen molar-refractivity contribution in [3.05, 3.63) is 30.3 Å². The first kappa shape index (κ1) is 14.2. The van der Waals surface area contributed by atoms with Crippen LogP contribution < -0.4 is 4.90 Å². The molecule has 1 rings (SSSR count). The highest BCUT2D eigenvalue weighted by Gasteiger charge is 2.21. The molecular formula is C13H17NO4. The van der Waals surface area contributed by atoms with Crippen LogP contribution in [0, 0.1) is 5.92 Å². The lowest BCUT2D eigenvalue weighted by molar-refractivity contribution is -0.140. The first-order chi connectivity index (χ1) is 8.56. The van der Waals surface area contributed by atoms with Gasteiger partial charge in [0, 0.05) is 19.3 Å². The molecular weight excluding hydrogens is 234 g/mol. The van der Waals surface area contributed by atoms with Gasteiger partial charge in [-0.05, 0) is 12.1 Å². The summed E-state index contributed by atoms with van der Waals surface area (Å²) in [6.07, 6.45) is 0. The second-order valence-corrected chi connectivity index (χ2v) is 4.01. The molecule has 1 N–H and O–H groups in total. The minimum absolute atomic E-state index is 0.0682. The molecule has 0 aromatic heterocycles. The van der Waals surface area contributed by atoms with E-state index in [1.54, 1.807) is 31.2 Å². The lowest BCUT2D eigenvalue weighted by Crippen LogP contribution is -2.39. The summed E-state index contributed by atoms with van der Waals surface area (Å²) in [7, 11) is 1.43. The van der Waals surface area contributed by atoms with Crippen LogP contribution in [0.4, 0.5) is 5.69 Å². The lowest BCUT2D eigenvalue weighted by atomic mass is 10.1. The van der Waals surface area contributed by atoms with E-state index < -0.39 is 11.9 Å². The van der Waals surface area contributed by atoms with Crippen LogP contribution >= 0.6 is 0 Å². The van der Waals surface area contributed by atoms with Crippen LogP contribution in [0.2, 0.25) is 0 Å². The molecule has 5 nitrogen and oxygen atoms in total. The molecule has 1 unspecified atom stereocenters. The number of nitrogens with zero attached hydrogens (tertiary/aromatic N) is 1. The number of hydrogen-bond acceptors (Lipinski definition) is 3. The predicted molar refractivity (Wildman–Crippen MR) is 67.5 cm³/mol. The molecule has 18 heavy (non-hydrogen) atoms. The highest BCUT2D eigenvalue weighted by molar-refractivity contribution is 5.94. The second-order valence-electron chi connectivity index (χ2n) is 4.01. The highest BCUT2D eigenvalue weighted by atomic mass is 16.5. The van der Waals surface area contributed by atoms with Crippen molar-refractivity contribution in [2.24, 2.45) is 5.92 Å². The average Bonchev–Trinajstić information content (AvgIpc) is 2.36. The number of para-hydroxylation sites is 1. The molecule has 5 heteroatoms. The number of aliphatic carboxylic acids is 1. The summed E-state index contributed by atoms with van der Waals surface area (Å²) in [4.78, 5) is 24.2. The molecule has 0 aliphatic heterocycles. The monoisotopic (exact) mass is 251 g/mol. The van der Waals surface area contributed by atoms with Gasteiger partial charge in [-0.2, -0.15) is 0 Å². The molecule has 1 aromatic rings. The zero-order chi connectivity index (χ0) is 13.5. The quantitative estimate of drug-likeness (QED) is 0.829. The number of ether oxygens (including phenoxy) is 1. The molecule has 1 aromatic carbocycles. The summed E-state index contributed by atoms with van der Waals surface area (Å²) in [5, 5.41) is 8.92. The maximum absolute atomic E-state index is 11.9. The molecule has 0 fully saturated rings. The number of benzene rings is 1. The largest absolute Gasteiger partial charge is 0.481 e. The number of anilines is 1. The molecule has 0 saturated heterocycles. The van der Waals surface area contributed by atoms with Gasteiger partial charge in [0.2, 0.25) is 0 Å². The smallest absolute Gasteiger partial charge is 0.308 e. The van der Waals surface area contributed by atoms with Crippen molar-refractivity contribution in [1.29, 1.82) is 0 Å². The summed E-state index contributed by atoms with van der Waals surface area (Å²) in [5.41, 5.74) is 0.674. The van der Waals surface area contributed by atoms with Gasteiger partial charge in [-0.15, -0.1) is 0 Å². The Labute approximate surface area is 106 Å². The van der Waals surface area contributed by atoms with Crippen LogP contribution in [0.1, 0.15) is 6.92 Å². The van der Waals surface area contributed by atoms with Crippen molar-refractivity contribution in [3.63, 3.8) is 0 Å². The molecule has 0 spiro atoms. The molecule has 1 atom stereocenters. The Morgan fingerprint density at radius 3 is 2.44 bits per heavy atom. The Balaban J connectivity index is 2.89. The third-order valence-electron chi connectivity index (χ3n) is 2.51. The van der Waals surface area contributed by atoms with Gasteiger partial charge >= 0.3 is 5.97 Å². The van der Waals surface area contributed by atoms with Crippen LogP contribution in [0.3, 0.4) is 0 Å². The number of amides is 1. The highest BCUT2D eigenvalue weighted by Crippen LogP contribution is 2.15. The van der Waals surface area contributed by atoms with Crippen LogP contribution in [0.5, 0.6) is 0 Å². The lowest BCUT2D eigenvalue weighted by Gasteiger charge is -2.24. The Morgan fingerprint density at radius 1 is 1.33 bits per heavy atom. The van der Waals surface area contributed by atoms with Crippen molar-refractivity contribution in [3.8, 4) is 0 Å². The topological polar surface area (TPSA) is 66.8 Å². The van der Waals surface area contributed by atoms with Crippen molar-refractivity contribution in [1.82, 2.24) is 0 Å². The minimum Gasteiger partial charge on any atom is -0.481 e. The molecule has 98 valence electrons. The van der Waals surface area contributed by atoms with Crippen LogP contribution in [0.25, 0.3) is 0 Å². The van der Waals surface area contributed by atoms with Gasteiger partial charge in [-0.1, -0.05) is 25.1 Å². The Morgan fingerprint density at radius 2 is 1.94 bits per heavy atom. The van der Waals surface area contributed by atoms with Crippen LogP contribution in [0.15, 0.2) is 30.3 Å². The first-order valence-corrected chi connectivity index (χ1v) is 5.63. The maximum Gasteiger partial charge on any atom is 0.308 e. The zero-order valence-corrected chi connectivity index (χ0v) is 10.5. The van der Waals surface area contributed by atoms with E-state index in [0.717, 1.165) is 0 Å². The van der Waals surface area contributed by atoms with Crippen LogP contribution in [-0.4, -0.2) is 37.2 Å². The number of carbonyl (C=O) groups excluding carboxylic acids is 1.